The number of methoxy groups -OCH3 is 1. The van der Waals surface area contributed by atoms with Gasteiger partial charge in [-0.05, 0) is 24.5 Å². The van der Waals surface area contributed by atoms with Crippen molar-refractivity contribution < 1.29 is 14.3 Å². The smallest absolute Gasteiger partial charge is 0.339 e. The molecule has 2 aromatic rings. The quantitative estimate of drug-likeness (QED) is 0.711. The number of piperazine rings is 1. The number of amides is 1. The zero-order chi connectivity index (χ0) is 21.5. The van der Waals surface area contributed by atoms with Crippen LogP contribution in [0.25, 0.3) is 6.08 Å². The molecule has 1 saturated heterocycles. The van der Waals surface area contributed by atoms with Gasteiger partial charge in [0.05, 0.1) is 12.7 Å². The van der Waals surface area contributed by atoms with E-state index in [0.717, 1.165) is 31.6 Å². The number of nitrogens with one attached hydrogen (secondary N) is 1. The molecule has 3 rings (SSSR count). The normalized spacial score (nSPS) is 15.0. The molecule has 0 saturated carbocycles. The van der Waals surface area contributed by atoms with Crippen LogP contribution in [0.5, 0.6) is 0 Å². The molecule has 160 valence electrons. The summed E-state index contributed by atoms with van der Waals surface area (Å²) in [6.45, 7) is 7.74. The maximum absolute atomic E-state index is 13.2. The molecule has 1 aromatic carbocycles. The number of benzene rings is 1. The molecule has 1 aliphatic heterocycles. The molecule has 0 bridgehead atoms. The fourth-order valence-electron chi connectivity index (χ4n) is 3.93. The van der Waals surface area contributed by atoms with Crippen LogP contribution in [0, 0.1) is 6.92 Å². The van der Waals surface area contributed by atoms with Crippen molar-refractivity contribution in [1.82, 2.24) is 14.8 Å². The van der Waals surface area contributed by atoms with Crippen LogP contribution in [0.1, 0.15) is 51.0 Å². The van der Waals surface area contributed by atoms with E-state index in [1.807, 2.05) is 36.9 Å². The van der Waals surface area contributed by atoms with Crippen molar-refractivity contribution in [3.8, 4) is 0 Å². The van der Waals surface area contributed by atoms with Gasteiger partial charge in [0.25, 0.3) is 5.91 Å². The van der Waals surface area contributed by atoms with Crippen LogP contribution < -0.4 is 0 Å². The first-order chi connectivity index (χ1) is 14.5. The molecule has 1 N–H and O–H groups in total. The predicted octanol–water partition coefficient (Wildman–Crippen LogP) is 3.53. The second-order valence-electron chi connectivity index (χ2n) is 7.63. The Morgan fingerprint density at radius 2 is 1.83 bits per heavy atom. The molecular weight excluding hydrogens is 378 g/mol. The number of aromatic amines is 1. The average Bonchev–Trinajstić information content (AvgIpc) is 3.10. The van der Waals surface area contributed by atoms with Gasteiger partial charge < -0.3 is 14.6 Å². The molecule has 30 heavy (non-hydrogen) atoms. The Bertz CT molecular complexity index is 894. The number of aromatic nitrogens is 1. The van der Waals surface area contributed by atoms with Crippen molar-refractivity contribution in [3.63, 3.8) is 0 Å². The van der Waals surface area contributed by atoms with Crippen molar-refractivity contribution in [2.45, 2.75) is 26.7 Å². The van der Waals surface area contributed by atoms with Crippen LogP contribution in [0.15, 0.2) is 36.4 Å². The molecule has 0 unspecified atom stereocenters. The second kappa shape index (κ2) is 10.3. The Labute approximate surface area is 178 Å². The topological polar surface area (TPSA) is 65.6 Å². The zero-order valence-electron chi connectivity index (χ0n) is 18.1. The van der Waals surface area contributed by atoms with Crippen LogP contribution in [0.4, 0.5) is 0 Å². The Kier molecular flexibility index (Phi) is 7.46. The van der Waals surface area contributed by atoms with Crippen molar-refractivity contribution >= 4 is 18.0 Å². The molecule has 6 heteroatoms. The summed E-state index contributed by atoms with van der Waals surface area (Å²) in [6, 6.07) is 10.2. The lowest BCUT2D eigenvalue weighted by Gasteiger charge is -2.34. The van der Waals surface area contributed by atoms with Gasteiger partial charge in [-0.25, -0.2) is 4.79 Å². The van der Waals surface area contributed by atoms with Gasteiger partial charge in [0.1, 0.15) is 5.69 Å². The third-order valence-electron chi connectivity index (χ3n) is 5.53. The van der Waals surface area contributed by atoms with Crippen molar-refractivity contribution in [2.75, 3.05) is 39.8 Å². The van der Waals surface area contributed by atoms with Crippen LogP contribution in [-0.4, -0.2) is 66.5 Å². The summed E-state index contributed by atoms with van der Waals surface area (Å²) >= 11 is 0. The van der Waals surface area contributed by atoms with Crippen LogP contribution >= 0.6 is 0 Å². The number of hydrogen-bond acceptors (Lipinski definition) is 4. The highest BCUT2D eigenvalue weighted by Crippen LogP contribution is 2.23. The van der Waals surface area contributed by atoms with Gasteiger partial charge in [0.15, 0.2) is 0 Å². The minimum Gasteiger partial charge on any atom is -0.465 e. The van der Waals surface area contributed by atoms with Crippen molar-refractivity contribution in [2.24, 2.45) is 0 Å². The van der Waals surface area contributed by atoms with Crippen molar-refractivity contribution in [1.29, 1.82) is 0 Å². The number of esters is 1. The fraction of sp³-hybridized carbons (Fsp3) is 0.417. The van der Waals surface area contributed by atoms with Gasteiger partial charge in [-0.3, -0.25) is 9.69 Å². The maximum Gasteiger partial charge on any atom is 0.339 e. The van der Waals surface area contributed by atoms with E-state index in [1.54, 1.807) is 0 Å². The summed E-state index contributed by atoms with van der Waals surface area (Å²) in [5, 5.41) is 0. The molecular formula is C24H31N3O3. The molecule has 1 amide bonds. The van der Waals surface area contributed by atoms with E-state index < -0.39 is 0 Å². The van der Waals surface area contributed by atoms with E-state index in [-0.39, 0.29) is 11.9 Å². The number of H-pyrrole nitrogens is 1. The first-order valence-corrected chi connectivity index (χ1v) is 10.6. The summed E-state index contributed by atoms with van der Waals surface area (Å²) in [5.41, 5.74) is 3.70. The van der Waals surface area contributed by atoms with E-state index in [4.69, 9.17) is 4.74 Å². The van der Waals surface area contributed by atoms with Crippen LogP contribution in [0.2, 0.25) is 0 Å². The van der Waals surface area contributed by atoms with Gasteiger partial charge in [-0.1, -0.05) is 55.8 Å². The first kappa shape index (κ1) is 21.8. The van der Waals surface area contributed by atoms with Gasteiger partial charge in [-0.15, -0.1) is 0 Å². The maximum atomic E-state index is 13.2. The van der Waals surface area contributed by atoms with Crippen molar-refractivity contribution in [3.05, 3.63) is 64.5 Å². The lowest BCUT2D eigenvalue weighted by Crippen LogP contribution is -2.48. The monoisotopic (exact) mass is 409 g/mol. The van der Waals surface area contributed by atoms with Gasteiger partial charge >= 0.3 is 5.97 Å². The molecule has 0 spiro atoms. The Hall–Kier alpha value is -2.86. The summed E-state index contributed by atoms with van der Waals surface area (Å²) in [4.78, 5) is 32.8. The number of carbonyl (C=O) groups is 2. The summed E-state index contributed by atoms with van der Waals surface area (Å²) in [5.74, 6) is -0.419. The molecule has 1 aliphatic rings. The molecule has 1 fully saturated rings. The van der Waals surface area contributed by atoms with Gasteiger partial charge in [0.2, 0.25) is 0 Å². The highest BCUT2D eigenvalue weighted by atomic mass is 16.5. The highest BCUT2D eigenvalue weighted by Gasteiger charge is 2.29. The zero-order valence-corrected chi connectivity index (χ0v) is 18.1. The number of ether oxygens (including phenoxy) is 1. The number of rotatable bonds is 7. The molecule has 0 radical (unpaired) electrons. The standard InChI is InChI=1S/C24H31N3O3/c1-4-9-20-21(24(29)30-3)18(2)25-22(20)23(28)27-16-14-26(15-17-27)13-8-12-19-10-6-5-7-11-19/h5-8,10-12,25H,4,9,13-17H2,1-3H3. The van der Waals surface area contributed by atoms with Crippen LogP contribution in [-0.2, 0) is 11.2 Å². The third kappa shape index (κ3) is 5.00. The lowest BCUT2D eigenvalue weighted by atomic mass is 10.0. The minimum absolute atomic E-state index is 0.0313. The van der Waals surface area contributed by atoms with E-state index in [1.165, 1.54) is 12.7 Å². The Morgan fingerprint density at radius 1 is 1.13 bits per heavy atom. The Balaban J connectivity index is 1.62. The second-order valence-corrected chi connectivity index (χ2v) is 7.63. The number of nitrogens with zero attached hydrogens (tertiary/aromatic N) is 2. The largest absolute Gasteiger partial charge is 0.465 e. The molecule has 0 aliphatic carbocycles. The summed E-state index contributed by atoms with van der Waals surface area (Å²) < 4.78 is 4.93. The average molecular weight is 410 g/mol. The molecule has 2 heterocycles. The van der Waals surface area contributed by atoms with E-state index >= 15 is 0 Å². The Morgan fingerprint density at radius 3 is 2.47 bits per heavy atom. The number of carbonyl (C=O) groups excluding carboxylic acids is 2. The molecule has 1 aromatic heterocycles. The fourth-order valence-corrected chi connectivity index (χ4v) is 3.93. The van der Waals surface area contributed by atoms with Crippen LogP contribution in [0.3, 0.4) is 0 Å². The van der Waals surface area contributed by atoms with E-state index in [0.29, 0.717) is 36.5 Å². The minimum atomic E-state index is -0.388. The SMILES string of the molecule is CCCc1c(C(=O)N2CCN(CC=Cc3ccccc3)CC2)[nH]c(C)c1C(=O)OC. The molecule has 6 nitrogen and oxygen atoms in total. The van der Waals surface area contributed by atoms with Gasteiger partial charge in [-0.2, -0.15) is 0 Å². The van der Waals surface area contributed by atoms with E-state index in [2.05, 4.69) is 34.2 Å². The number of hydrogen-bond donors (Lipinski definition) is 1. The van der Waals surface area contributed by atoms with Gasteiger partial charge in [0, 0.05) is 38.4 Å². The number of aryl methyl sites for hydroxylation is 1. The first-order valence-electron chi connectivity index (χ1n) is 10.6. The highest BCUT2D eigenvalue weighted by molar-refractivity contribution is 6.00. The lowest BCUT2D eigenvalue weighted by molar-refractivity contribution is 0.0599. The molecule has 0 atom stereocenters. The summed E-state index contributed by atoms with van der Waals surface area (Å²) in [7, 11) is 1.37. The predicted molar refractivity (Wildman–Crippen MR) is 119 cm³/mol. The third-order valence-corrected chi connectivity index (χ3v) is 5.53. The van der Waals surface area contributed by atoms with E-state index in [9.17, 15) is 9.59 Å². The summed E-state index contributed by atoms with van der Waals surface area (Å²) in [6.07, 6.45) is 5.82.